The maximum atomic E-state index is 12.2. The van der Waals surface area contributed by atoms with E-state index in [9.17, 15) is 19.7 Å². The Morgan fingerprint density at radius 3 is 2.89 bits per heavy atom. The predicted molar refractivity (Wildman–Crippen MR) is 111 cm³/mol. The van der Waals surface area contributed by atoms with Crippen LogP contribution in [-0.4, -0.2) is 37.8 Å². The first-order valence-electron chi connectivity index (χ1n) is 8.10. The van der Waals surface area contributed by atoms with Gasteiger partial charge in [-0.1, -0.05) is 11.3 Å². The standard InChI is InChI=1S/C16H15N5O4S3/c1-2-20-11-4-3-10(21(24)25)7-12(11)28-16(20)19-14(23)9-26-8-13(22)18-15-17-5-6-27-15/h3-7H,2,8-9H2,1H3,(H,17,18,22). The molecule has 0 aliphatic carbocycles. The number of fused-ring (bicyclic) bond motifs is 1. The second kappa shape index (κ2) is 9.08. The van der Waals surface area contributed by atoms with E-state index in [-0.39, 0.29) is 29.0 Å². The van der Waals surface area contributed by atoms with E-state index >= 15 is 0 Å². The number of rotatable bonds is 7. The number of carbonyl (C=O) groups excluding carboxylic acids is 2. The normalized spacial score (nSPS) is 11.7. The summed E-state index contributed by atoms with van der Waals surface area (Å²) in [5, 5.41) is 15.9. The van der Waals surface area contributed by atoms with E-state index in [1.54, 1.807) is 17.6 Å². The summed E-state index contributed by atoms with van der Waals surface area (Å²) in [5.74, 6) is -0.419. The number of non-ortho nitro benzene ring substituents is 1. The smallest absolute Gasteiger partial charge is 0.270 e. The maximum Gasteiger partial charge on any atom is 0.270 e. The summed E-state index contributed by atoms with van der Waals surface area (Å²) in [5.41, 5.74) is 0.789. The summed E-state index contributed by atoms with van der Waals surface area (Å²) in [6, 6.07) is 4.58. The molecule has 28 heavy (non-hydrogen) atoms. The number of aromatic nitrogens is 2. The molecule has 0 bridgehead atoms. The number of hydrogen-bond donors (Lipinski definition) is 1. The molecule has 0 aliphatic heterocycles. The molecule has 12 heteroatoms. The Kier molecular flexibility index (Phi) is 6.54. The van der Waals surface area contributed by atoms with Crippen LogP contribution in [-0.2, 0) is 16.1 Å². The van der Waals surface area contributed by atoms with Gasteiger partial charge in [0.15, 0.2) is 9.93 Å². The van der Waals surface area contributed by atoms with Gasteiger partial charge in [-0.15, -0.1) is 23.1 Å². The first-order valence-corrected chi connectivity index (χ1v) is 11.0. The van der Waals surface area contributed by atoms with Crippen molar-refractivity contribution < 1.29 is 14.5 Å². The fraction of sp³-hybridized carbons (Fsp3) is 0.250. The third kappa shape index (κ3) is 4.82. The minimum Gasteiger partial charge on any atom is -0.317 e. The van der Waals surface area contributed by atoms with Gasteiger partial charge < -0.3 is 9.88 Å². The van der Waals surface area contributed by atoms with Crippen LogP contribution < -0.4 is 10.1 Å². The van der Waals surface area contributed by atoms with Gasteiger partial charge in [0.05, 0.1) is 26.6 Å². The number of aryl methyl sites for hydroxylation is 1. The highest BCUT2D eigenvalue weighted by molar-refractivity contribution is 8.00. The maximum absolute atomic E-state index is 12.2. The van der Waals surface area contributed by atoms with Crippen molar-refractivity contribution in [3.05, 3.63) is 44.7 Å². The Morgan fingerprint density at radius 1 is 1.39 bits per heavy atom. The van der Waals surface area contributed by atoms with Crippen molar-refractivity contribution in [2.75, 3.05) is 16.8 Å². The molecular formula is C16H15N5O4S3. The number of anilines is 1. The van der Waals surface area contributed by atoms with Crippen LogP contribution in [0, 0.1) is 10.1 Å². The number of thiazole rings is 2. The molecule has 2 aromatic heterocycles. The topological polar surface area (TPSA) is 119 Å². The molecule has 0 unspecified atom stereocenters. The van der Waals surface area contributed by atoms with Gasteiger partial charge >= 0.3 is 0 Å². The lowest BCUT2D eigenvalue weighted by Gasteiger charge is -2.01. The Hall–Kier alpha value is -2.57. The number of carbonyl (C=O) groups is 2. The van der Waals surface area contributed by atoms with Crippen LogP contribution in [0.4, 0.5) is 10.8 Å². The second-order valence-corrected chi connectivity index (χ2v) is 8.31. The fourth-order valence-electron chi connectivity index (χ4n) is 2.38. The highest BCUT2D eigenvalue weighted by atomic mass is 32.2. The molecule has 3 aromatic rings. The average Bonchev–Trinajstić information content (AvgIpc) is 3.27. The molecule has 146 valence electrons. The monoisotopic (exact) mass is 437 g/mol. The van der Waals surface area contributed by atoms with Gasteiger partial charge in [0.2, 0.25) is 5.91 Å². The van der Waals surface area contributed by atoms with Crippen LogP contribution in [0.3, 0.4) is 0 Å². The van der Waals surface area contributed by atoms with Crippen LogP contribution in [0.2, 0.25) is 0 Å². The number of hydrogen-bond acceptors (Lipinski definition) is 8. The van der Waals surface area contributed by atoms with Gasteiger partial charge in [-0.2, -0.15) is 4.99 Å². The molecule has 0 aliphatic rings. The van der Waals surface area contributed by atoms with E-state index in [2.05, 4.69) is 15.3 Å². The van der Waals surface area contributed by atoms with Crippen LogP contribution in [0.25, 0.3) is 10.2 Å². The molecule has 3 rings (SSSR count). The van der Waals surface area contributed by atoms with Crippen molar-refractivity contribution in [1.29, 1.82) is 0 Å². The zero-order valence-electron chi connectivity index (χ0n) is 14.7. The predicted octanol–water partition coefficient (Wildman–Crippen LogP) is 2.89. The molecule has 2 amide bonds. The molecule has 0 fully saturated rings. The quantitative estimate of drug-likeness (QED) is 0.448. The van der Waals surface area contributed by atoms with Crippen molar-refractivity contribution in [2.45, 2.75) is 13.5 Å². The minimum absolute atomic E-state index is 0.00308. The van der Waals surface area contributed by atoms with E-state index < -0.39 is 4.92 Å². The zero-order valence-corrected chi connectivity index (χ0v) is 17.1. The number of amides is 2. The van der Waals surface area contributed by atoms with Gasteiger partial charge in [-0.25, -0.2) is 4.98 Å². The molecule has 1 N–H and O–H groups in total. The van der Waals surface area contributed by atoms with Gasteiger partial charge in [0.25, 0.3) is 11.6 Å². The highest BCUT2D eigenvalue weighted by Crippen LogP contribution is 2.23. The van der Waals surface area contributed by atoms with Crippen LogP contribution in [0.1, 0.15) is 6.92 Å². The molecule has 0 spiro atoms. The first-order chi connectivity index (χ1) is 13.5. The summed E-state index contributed by atoms with van der Waals surface area (Å²) < 4.78 is 2.53. The lowest BCUT2D eigenvalue weighted by molar-refractivity contribution is -0.384. The van der Waals surface area contributed by atoms with E-state index in [1.165, 1.54) is 34.8 Å². The van der Waals surface area contributed by atoms with Crippen molar-refractivity contribution in [3.8, 4) is 0 Å². The van der Waals surface area contributed by atoms with Crippen molar-refractivity contribution in [1.82, 2.24) is 9.55 Å². The average molecular weight is 438 g/mol. The molecule has 0 atom stereocenters. The van der Waals surface area contributed by atoms with Crippen LogP contribution in [0.15, 0.2) is 34.8 Å². The third-order valence-corrected chi connectivity index (χ3v) is 6.20. The number of nitro benzene ring substituents is 1. The van der Waals surface area contributed by atoms with E-state index in [0.717, 1.165) is 17.3 Å². The lowest BCUT2D eigenvalue weighted by atomic mass is 10.3. The van der Waals surface area contributed by atoms with Gasteiger partial charge in [-0.05, 0) is 13.0 Å². The van der Waals surface area contributed by atoms with Gasteiger partial charge in [0.1, 0.15) is 0 Å². The van der Waals surface area contributed by atoms with Gasteiger partial charge in [0, 0.05) is 30.3 Å². The summed E-state index contributed by atoms with van der Waals surface area (Å²) >= 11 is 3.71. The van der Waals surface area contributed by atoms with E-state index in [0.29, 0.717) is 21.2 Å². The van der Waals surface area contributed by atoms with Crippen molar-refractivity contribution in [2.24, 2.45) is 4.99 Å². The lowest BCUT2D eigenvalue weighted by Crippen LogP contribution is -2.18. The summed E-state index contributed by atoms with van der Waals surface area (Å²) in [6.07, 6.45) is 1.60. The Labute approximate surface area is 171 Å². The van der Waals surface area contributed by atoms with Gasteiger partial charge in [-0.3, -0.25) is 19.7 Å². The molecule has 0 radical (unpaired) electrons. The molecule has 1 aromatic carbocycles. The van der Waals surface area contributed by atoms with Crippen molar-refractivity contribution in [3.63, 3.8) is 0 Å². The number of nitrogens with one attached hydrogen (secondary N) is 1. The third-order valence-electron chi connectivity index (χ3n) is 3.55. The number of nitrogens with zero attached hydrogens (tertiary/aromatic N) is 4. The Bertz CT molecular complexity index is 1090. The molecule has 0 saturated carbocycles. The first kappa shape index (κ1) is 20.2. The minimum atomic E-state index is -0.454. The van der Waals surface area contributed by atoms with E-state index in [1.807, 2.05) is 11.5 Å². The van der Waals surface area contributed by atoms with E-state index in [4.69, 9.17) is 0 Å². The van der Waals surface area contributed by atoms with Crippen LogP contribution >= 0.6 is 34.4 Å². The summed E-state index contributed by atoms with van der Waals surface area (Å²) in [6.45, 7) is 2.49. The fourth-order valence-corrected chi connectivity index (χ4v) is 4.67. The number of thioether (sulfide) groups is 1. The summed E-state index contributed by atoms with van der Waals surface area (Å²) in [4.78, 5) is 43.0. The molecule has 9 nitrogen and oxygen atoms in total. The number of benzene rings is 1. The number of nitro groups is 1. The SMILES string of the molecule is CCn1c(=NC(=O)CSCC(=O)Nc2nccs2)sc2cc([N+](=O)[O-])ccc21. The van der Waals surface area contributed by atoms with Crippen molar-refractivity contribution >= 4 is 67.3 Å². The molecule has 0 saturated heterocycles. The molecule has 2 heterocycles. The largest absolute Gasteiger partial charge is 0.317 e. The Balaban J connectivity index is 1.68. The van der Waals surface area contributed by atoms with Crippen LogP contribution in [0.5, 0.6) is 0 Å². The second-order valence-electron chi connectivity index (χ2n) is 5.42. The Morgan fingerprint density at radius 2 is 2.21 bits per heavy atom. The summed E-state index contributed by atoms with van der Waals surface area (Å²) in [7, 11) is 0. The zero-order chi connectivity index (χ0) is 20.1. The molecular weight excluding hydrogens is 422 g/mol. The highest BCUT2D eigenvalue weighted by Gasteiger charge is 2.12.